The molecular weight excluding hydrogens is 452 g/mol. The minimum absolute atomic E-state index is 0.207. The van der Waals surface area contributed by atoms with Crippen LogP contribution in [0, 0.1) is 13.8 Å². The molecule has 3 aromatic carbocycles. The number of thiocarbonyl (C=S) groups is 1. The summed E-state index contributed by atoms with van der Waals surface area (Å²) >= 11 is 5.86. The number of anilines is 1. The van der Waals surface area contributed by atoms with E-state index in [9.17, 15) is 0 Å². The molecule has 0 aliphatic carbocycles. The van der Waals surface area contributed by atoms with Crippen molar-refractivity contribution in [2.45, 2.75) is 40.2 Å². The number of benzene rings is 3. The van der Waals surface area contributed by atoms with Crippen LogP contribution < -0.4 is 10.2 Å². The van der Waals surface area contributed by atoms with Crippen molar-refractivity contribution in [3.8, 4) is 11.4 Å². The van der Waals surface area contributed by atoms with Crippen LogP contribution in [0.1, 0.15) is 48.0 Å². The third-order valence-corrected chi connectivity index (χ3v) is 6.73. The fourth-order valence-corrected chi connectivity index (χ4v) is 4.82. The fourth-order valence-electron chi connectivity index (χ4n) is 4.45. The van der Waals surface area contributed by atoms with Crippen molar-refractivity contribution >= 4 is 28.6 Å². The van der Waals surface area contributed by atoms with Gasteiger partial charge in [0.25, 0.3) is 5.89 Å². The summed E-state index contributed by atoms with van der Waals surface area (Å²) in [6.07, 6.45) is 0.989. The van der Waals surface area contributed by atoms with Crippen LogP contribution in [0.25, 0.3) is 17.0 Å². The summed E-state index contributed by atoms with van der Waals surface area (Å²) in [5.74, 6) is 1.05. The average Bonchev–Trinajstić information content (AvgIpc) is 3.35. The molecule has 0 amide bonds. The second kappa shape index (κ2) is 9.47. The van der Waals surface area contributed by atoms with E-state index in [4.69, 9.17) is 21.7 Å². The van der Waals surface area contributed by atoms with Crippen LogP contribution in [-0.2, 0) is 6.42 Å². The van der Waals surface area contributed by atoms with E-state index in [0.29, 0.717) is 16.8 Å². The summed E-state index contributed by atoms with van der Waals surface area (Å²) in [5.41, 5.74) is 8.51. The molecule has 0 radical (unpaired) electrons. The minimum Gasteiger partial charge on any atom is -0.351 e. The Labute approximate surface area is 211 Å². The van der Waals surface area contributed by atoms with Crippen molar-refractivity contribution in [1.82, 2.24) is 15.5 Å². The van der Waals surface area contributed by atoms with Crippen LogP contribution in [0.4, 0.5) is 5.69 Å². The van der Waals surface area contributed by atoms with Gasteiger partial charge in [0.05, 0.1) is 11.6 Å². The summed E-state index contributed by atoms with van der Waals surface area (Å²) in [5, 5.41) is 8.50. The Balaban J connectivity index is 1.64. The minimum atomic E-state index is -0.207. The number of nitrogens with one attached hydrogen (secondary N) is 1. The normalized spacial score (nSPS) is 15.9. The maximum atomic E-state index is 5.88. The Hall–Kier alpha value is -3.77. The summed E-state index contributed by atoms with van der Waals surface area (Å²) in [6, 6.07) is 24.8. The Morgan fingerprint density at radius 2 is 1.69 bits per heavy atom. The zero-order chi connectivity index (χ0) is 24.5. The molecule has 1 N–H and O–H groups in total. The summed E-state index contributed by atoms with van der Waals surface area (Å²) < 4.78 is 5.88. The molecule has 0 saturated heterocycles. The molecule has 2 heterocycles. The van der Waals surface area contributed by atoms with Gasteiger partial charge in [-0.15, -0.1) is 0 Å². The molecule has 1 atom stereocenters. The Bertz CT molecular complexity index is 1400. The third-order valence-electron chi connectivity index (χ3n) is 6.43. The number of rotatable bonds is 5. The van der Waals surface area contributed by atoms with Crippen molar-refractivity contribution in [3.63, 3.8) is 0 Å². The molecule has 1 unspecified atom stereocenters. The zero-order valence-corrected chi connectivity index (χ0v) is 21.2. The smallest absolute Gasteiger partial charge is 0.258 e. The average molecular weight is 481 g/mol. The van der Waals surface area contributed by atoms with Gasteiger partial charge in [0, 0.05) is 16.9 Å². The SMILES string of the molecule is CCc1ccc(C2NC(=S)N(c3ccc(C)cc3)C(C)=C2c2nc(-c3cccc(C)c3)no2)cc1. The number of hydrogen-bond donors (Lipinski definition) is 1. The molecule has 6 heteroatoms. The highest BCUT2D eigenvalue weighted by Crippen LogP contribution is 2.39. The van der Waals surface area contributed by atoms with Gasteiger partial charge >= 0.3 is 0 Å². The van der Waals surface area contributed by atoms with Crippen LogP contribution in [0.15, 0.2) is 83.0 Å². The predicted molar refractivity (Wildman–Crippen MR) is 145 cm³/mol. The van der Waals surface area contributed by atoms with E-state index in [0.717, 1.165) is 40.1 Å². The lowest BCUT2D eigenvalue weighted by Crippen LogP contribution is -2.46. The Morgan fingerprint density at radius 3 is 2.37 bits per heavy atom. The lowest BCUT2D eigenvalue weighted by Gasteiger charge is -2.37. The Kier molecular flexibility index (Phi) is 6.22. The maximum absolute atomic E-state index is 5.88. The zero-order valence-electron chi connectivity index (χ0n) is 20.4. The number of aromatic nitrogens is 2. The molecule has 5 rings (SSSR count). The topological polar surface area (TPSA) is 54.2 Å². The largest absolute Gasteiger partial charge is 0.351 e. The van der Waals surface area contributed by atoms with Gasteiger partial charge in [-0.2, -0.15) is 4.98 Å². The van der Waals surface area contributed by atoms with Gasteiger partial charge in [-0.25, -0.2) is 0 Å². The highest BCUT2D eigenvalue weighted by Gasteiger charge is 2.34. The van der Waals surface area contributed by atoms with Gasteiger partial charge < -0.3 is 9.84 Å². The quantitative estimate of drug-likeness (QED) is 0.318. The van der Waals surface area contributed by atoms with E-state index in [1.54, 1.807) is 0 Å². The van der Waals surface area contributed by atoms with Crippen LogP contribution in [0.3, 0.4) is 0 Å². The number of hydrogen-bond acceptors (Lipinski definition) is 4. The van der Waals surface area contributed by atoms with E-state index < -0.39 is 0 Å². The molecule has 5 nitrogen and oxygen atoms in total. The number of aryl methyl sites for hydroxylation is 3. The van der Waals surface area contributed by atoms with Gasteiger partial charge in [-0.1, -0.05) is 77.8 Å². The molecular formula is C29H28N4OS. The van der Waals surface area contributed by atoms with Gasteiger partial charge in [-0.05, 0) is 68.7 Å². The first-order chi connectivity index (χ1) is 16.9. The molecule has 4 aromatic rings. The summed E-state index contributed by atoms with van der Waals surface area (Å²) in [6.45, 7) is 8.35. The molecule has 1 aliphatic heterocycles. The van der Waals surface area contributed by atoms with Crippen LogP contribution >= 0.6 is 12.2 Å². The molecule has 1 aliphatic rings. The maximum Gasteiger partial charge on any atom is 0.258 e. The lowest BCUT2D eigenvalue weighted by atomic mass is 9.93. The second-order valence-electron chi connectivity index (χ2n) is 8.94. The predicted octanol–water partition coefficient (Wildman–Crippen LogP) is 6.78. The monoisotopic (exact) mass is 480 g/mol. The summed E-state index contributed by atoms with van der Waals surface area (Å²) in [7, 11) is 0. The van der Waals surface area contributed by atoms with Gasteiger partial charge in [0.2, 0.25) is 5.82 Å². The standard InChI is InChI=1S/C29H28N4OS/c1-5-21-11-13-22(14-12-21)26-25(28-31-27(32-34-28)23-8-6-7-19(3)17-23)20(4)33(29(35)30-26)24-15-9-18(2)10-16-24/h6-17,26H,5H2,1-4H3,(H,30,35). The second-order valence-corrected chi connectivity index (χ2v) is 9.33. The van der Waals surface area contributed by atoms with Crippen LogP contribution in [0.2, 0.25) is 0 Å². The first-order valence-corrected chi connectivity index (χ1v) is 12.2. The fraction of sp³-hybridized carbons (Fsp3) is 0.207. The first-order valence-electron chi connectivity index (χ1n) is 11.8. The van der Waals surface area contributed by atoms with Crippen LogP contribution in [-0.4, -0.2) is 15.3 Å². The van der Waals surface area contributed by atoms with Crippen molar-refractivity contribution in [3.05, 3.63) is 107 Å². The van der Waals surface area contributed by atoms with Gasteiger partial charge in [0.1, 0.15) is 0 Å². The molecule has 0 fully saturated rings. The van der Waals surface area contributed by atoms with E-state index in [-0.39, 0.29) is 6.04 Å². The van der Waals surface area contributed by atoms with E-state index in [1.807, 2.05) is 17.0 Å². The molecule has 0 bridgehead atoms. The molecule has 0 spiro atoms. The molecule has 35 heavy (non-hydrogen) atoms. The molecule has 1 aromatic heterocycles. The lowest BCUT2D eigenvalue weighted by molar-refractivity contribution is 0.404. The van der Waals surface area contributed by atoms with Crippen molar-refractivity contribution in [2.24, 2.45) is 0 Å². The molecule has 176 valence electrons. The first kappa shape index (κ1) is 23.0. The highest BCUT2D eigenvalue weighted by molar-refractivity contribution is 7.80. The number of nitrogens with zero attached hydrogens (tertiary/aromatic N) is 3. The van der Waals surface area contributed by atoms with E-state index >= 15 is 0 Å². The third kappa shape index (κ3) is 4.49. The van der Waals surface area contributed by atoms with E-state index in [1.165, 1.54) is 11.1 Å². The number of allylic oxidation sites excluding steroid dienone is 1. The Morgan fingerprint density at radius 1 is 0.943 bits per heavy atom. The van der Waals surface area contributed by atoms with Gasteiger partial charge in [-0.3, -0.25) is 4.90 Å². The van der Waals surface area contributed by atoms with Crippen molar-refractivity contribution in [1.29, 1.82) is 0 Å². The van der Waals surface area contributed by atoms with Gasteiger partial charge in [0.15, 0.2) is 5.11 Å². The van der Waals surface area contributed by atoms with Crippen molar-refractivity contribution < 1.29 is 4.52 Å². The summed E-state index contributed by atoms with van der Waals surface area (Å²) in [4.78, 5) is 6.87. The highest BCUT2D eigenvalue weighted by atomic mass is 32.1. The van der Waals surface area contributed by atoms with Crippen LogP contribution in [0.5, 0.6) is 0 Å². The van der Waals surface area contributed by atoms with E-state index in [2.05, 4.69) is 98.8 Å². The van der Waals surface area contributed by atoms with Crippen molar-refractivity contribution in [2.75, 3.05) is 4.90 Å². The molecule has 0 saturated carbocycles.